The van der Waals surface area contributed by atoms with Crippen LogP contribution in [0.15, 0.2) is 61.1 Å². The van der Waals surface area contributed by atoms with Crippen LogP contribution in [-0.4, -0.2) is 9.97 Å². The van der Waals surface area contributed by atoms with Gasteiger partial charge in [0.2, 0.25) is 0 Å². The molecule has 0 saturated carbocycles. The molecular weight excluding hydrogens is 222 g/mol. The summed E-state index contributed by atoms with van der Waals surface area (Å²) in [5.41, 5.74) is 2.12. The molecule has 3 rings (SSSR count). The van der Waals surface area contributed by atoms with Gasteiger partial charge in [-0.15, -0.1) is 0 Å². The summed E-state index contributed by atoms with van der Waals surface area (Å²) in [7, 11) is 0. The van der Waals surface area contributed by atoms with Crippen LogP contribution in [0.25, 0.3) is 10.8 Å². The van der Waals surface area contributed by atoms with E-state index in [9.17, 15) is 0 Å². The van der Waals surface area contributed by atoms with Crippen LogP contribution in [0.4, 0.5) is 5.69 Å². The van der Waals surface area contributed by atoms with Gasteiger partial charge in [-0.1, -0.05) is 18.2 Å². The average molecular weight is 235 g/mol. The van der Waals surface area contributed by atoms with Crippen molar-refractivity contribution < 1.29 is 0 Å². The molecule has 0 bridgehead atoms. The third-order valence-electron chi connectivity index (χ3n) is 2.87. The van der Waals surface area contributed by atoms with Gasteiger partial charge in [-0.05, 0) is 29.7 Å². The van der Waals surface area contributed by atoms with Gasteiger partial charge in [0, 0.05) is 29.7 Å². The topological polar surface area (TPSA) is 37.8 Å². The first-order valence-corrected chi connectivity index (χ1v) is 5.90. The van der Waals surface area contributed by atoms with Crippen molar-refractivity contribution in [2.24, 2.45) is 0 Å². The standard InChI is InChI=1S/C15H13N3/c1-2-8-17-13(5-1)10-18-15-6-3-4-12-7-9-16-11-14(12)15/h1-9,11,18H,10H2. The zero-order chi connectivity index (χ0) is 12.2. The van der Waals surface area contributed by atoms with Crippen LogP contribution in [-0.2, 0) is 6.54 Å². The molecule has 0 radical (unpaired) electrons. The SMILES string of the molecule is c1ccc(CNc2cccc3ccncc23)nc1. The largest absolute Gasteiger partial charge is 0.379 e. The number of nitrogens with one attached hydrogen (secondary N) is 1. The van der Waals surface area contributed by atoms with Crippen LogP contribution < -0.4 is 5.32 Å². The molecule has 0 aliphatic carbocycles. The Hall–Kier alpha value is -2.42. The number of pyridine rings is 2. The van der Waals surface area contributed by atoms with Crippen LogP contribution >= 0.6 is 0 Å². The highest BCUT2D eigenvalue weighted by molar-refractivity contribution is 5.92. The smallest absolute Gasteiger partial charge is 0.0594 e. The molecule has 18 heavy (non-hydrogen) atoms. The Morgan fingerprint density at radius 2 is 1.94 bits per heavy atom. The summed E-state index contributed by atoms with van der Waals surface area (Å²) in [5.74, 6) is 0. The number of fused-ring (bicyclic) bond motifs is 1. The number of nitrogens with zero attached hydrogens (tertiary/aromatic N) is 2. The van der Waals surface area contributed by atoms with E-state index in [1.165, 1.54) is 5.39 Å². The molecule has 0 spiro atoms. The summed E-state index contributed by atoms with van der Waals surface area (Å²) in [5, 5.41) is 5.73. The van der Waals surface area contributed by atoms with Gasteiger partial charge in [0.15, 0.2) is 0 Å². The van der Waals surface area contributed by atoms with Crippen molar-refractivity contribution in [2.45, 2.75) is 6.54 Å². The van der Waals surface area contributed by atoms with E-state index >= 15 is 0 Å². The second-order valence-corrected chi connectivity index (χ2v) is 4.08. The zero-order valence-corrected chi connectivity index (χ0v) is 9.88. The van der Waals surface area contributed by atoms with Crippen LogP contribution in [0.3, 0.4) is 0 Å². The molecule has 3 aromatic rings. The maximum atomic E-state index is 4.30. The first-order chi connectivity index (χ1) is 8.93. The summed E-state index contributed by atoms with van der Waals surface area (Å²) in [4.78, 5) is 8.47. The predicted octanol–water partition coefficient (Wildman–Crippen LogP) is 3.24. The van der Waals surface area contributed by atoms with Crippen molar-refractivity contribution in [2.75, 3.05) is 5.32 Å². The lowest BCUT2D eigenvalue weighted by atomic mass is 10.1. The Morgan fingerprint density at radius 3 is 2.83 bits per heavy atom. The van der Waals surface area contributed by atoms with E-state index in [4.69, 9.17) is 0 Å². The van der Waals surface area contributed by atoms with E-state index in [1.807, 2.05) is 48.9 Å². The third-order valence-corrected chi connectivity index (χ3v) is 2.87. The van der Waals surface area contributed by atoms with E-state index in [1.54, 1.807) is 0 Å². The van der Waals surface area contributed by atoms with Crippen LogP contribution in [0.1, 0.15) is 5.69 Å². The minimum Gasteiger partial charge on any atom is -0.379 e. The Balaban J connectivity index is 1.87. The summed E-state index contributed by atoms with van der Waals surface area (Å²) in [6.07, 6.45) is 5.50. The fourth-order valence-corrected chi connectivity index (χ4v) is 1.96. The molecule has 0 aliphatic heterocycles. The van der Waals surface area contributed by atoms with Gasteiger partial charge in [-0.3, -0.25) is 9.97 Å². The lowest BCUT2D eigenvalue weighted by molar-refractivity contribution is 1.05. The minimum absolute atomic E-state index is 0.717. The van der Waals surface area contributed by atoms with E-state index in [-0.39, 0.29) is 0 Å². The number of hydrogen-bond acceptors (Lipinski definition) is 3. The number of rotatable bonds is 3. The molecule has 88 valence electrons. The van der Waals surface area contributed by atoms with E-state index in [0.29, 0.717) is 0 Å². The molecule has 0 amide bonds. The van der Waals surface area contributed by atoms with Crippen molar-refractivity contribution in [1.82, 2.24) is 9.97 Å². The fourth-order valence-electron chi connectivity index (χ4n) is 1.96. The van der Waals surface area contributed by atoms with Gasteiger partial charge in [0.25, 0.3) is 0 Å². The lowest BCUT2D eigenvalue weighted by Gasteiger charge is -2.08. The summed E-state index contributed by atoms with van der Waals surface area (Å²) in [6, 6.07) is 14.1. The molecule has 0 unspecified atom stereocenters. The molecule has 0 fully saturated rings. The number of hydrogen-bond donors (Lipinski definition) is 1. The molecule has 3 nitrogen and oxygen atoms in total. The maximum absolute atomic E-state index is 4.30. The Bertz CT molecular complexity index is 645. The summed E-state index contributed by atoms with van der Waals surface area (Å²) < 4.78 is 0. The maximum Gasteiger partial charge on any atom is 0.0594 e. The Morgan fingerprint density at radius 1 is 0.944 bits per heavy atom. The Labute approximate surface area is 106 Å². The lowest BCUT2D eigenvalue weighted by Crippen LogP contribution is -2.01. The van der Waals surface area contributed by atoms with E-state index in [0.717, 1.165) is 23.3 Å². The van der Waals surface area contributed by atoms with E-state index < -0.39 is 0 Å². The normalized spacial score (nSPS) is 10.4. The van der Waals surface area contributed by atoms with Crippen molar-refractivity contribution in [3.63, 3.8) is 0 Å². The molecule has 3 heteroatoms. The average Bonchev–Trinajstić information content (AvgIpc) is 2.46. The highest BCUT2D eigenvalue weighted by Crippen LogP contribution is 2.22. The quantitative estimate of drug-likeness (QED) is 0.757. The van der Waals surface area contributed by atoms with Crippen LogP contribution in [0, 0.1) is 0 Å². The van der Waals surface area contributed by atoms with Crippen LogP contribution in [0.5, 0.6) is 0 Å². The van der Waals surface area contributed by atoms with Crippen molar-refractivity contribution in [3.05, 3.63) is 66.7 Å². The van der Waals surface area contributed by atoms with Crippen molar-refractivity contribution in [3.8, 4) is 0 Å². The number of aromatic nitrogens is 2. The molecule has 0 atom stereocenters. The van der Waals surface area contributed by atoms with Gasteiger partial charge in [0.05, 0.1) is 12.2 Å². The highest BCUT2D eigenvalue weighted by Gasteiger charge is 2.00. The monoisotopic (exact) mass is 235 g/mol. The fraction of sp³-hybridized carbons (Fsp3) is 0.0667. The van der Waals surface area contributed by atoms with Gasteiger partial charge in [0.1, 0.15) is 0 Å². The molecule has 1 N–H and O–H groups in total. The van der Waals surface area contributed by atoms with Gasteiger partial charge >= 0.3 is 0 Å². The van der Waals surface area contributed by atoms with Gasteiger partial charge in [-0.25, -0.2) is 0 Å². The van der Waals surface area contributed by atoms with Gasteiger partial charge < -0.3 is 5.32 Å². The van der Waals surface area contributed by atoms with Crippen molar-refractivity contribution in [1.29, 1.82) is 0 Å². The molecular formula is C15H13N3. The second-order valence-electron chi connectivity index (χ2n) is 4.08. The minimum atomic E-state index is 0.717. The van der Waals surface area contributed by atoms with Crippen LogP contribution in [0.2, 0.25) is 0 Å². The third kappa shape index (κ3) is 2.15. The molecule has 1 aromatic carbocycles. The predicted molar refractivity (Wildman–Crippen MR) is 73.3 cm³/mol. The highest BCUT2D eigenvalue weighted by atomic mass is 14.9. The summed E-state index contributed by atoms with van der Waals surface area (Å²) in [6.45, 7) is 0.717. The molecule has 2 heterocycles. The van der Waals surface area contributed by atoms with E-state index in [2.05, 4.69) is 27.4 Å². The molecule has 2 aromatic heterocycles. The zero-order valence-electron chi connectivity index (χ0n) is 9.88. The number of anilines is 1. The molecule has 0 saturated heterocycles. The van der Waals surface area contributed by atoms with Gasteiger partial charge in [-0.2, -0.15) is 0 Å². The first kappa shape index (κ1) is 10.7. The summed E-state index contributed by atoms with van der Waals surface area (Å²) >= 11 is 0. The number of benzene rings is 1. The second kappa shape index (κ2) is 4.84. The molecule has 0 aliphatic rings. The Kier molecular flexibility index (Phi) is 2.88. The van der Waals surface area contributed by atoms with Crippen molar-refractivity contribution >= 4 is 16.5 Å². The first-order valence-electron chi connectivity index (χ1n) is 5.90.